The minimum Gasteiger partial charge on any atom is -0.301 e. The topological polar surface area (TPSA) is 37.4 Å². The van der Waals surface area contributed by atoms with Crippen LogP contribution in [0.1, 0.15) is 13.3 Å². The number of hydrogen-bond acceptors (Lipinski definition) is 3. The van der Waals surface area contributed by atoms with Crippen molar-refractivity contribution < 1.29 is 8.42 Å². The molecule has 1 aliphatic rings. The minimum absolute atomic E-state index is 0.262. The lowest BCUT2D eigenvalue weighted by Gasteiger charge is -2.13. The molecule has 1 atom stereocenters. The van der Waals surface area contributed by atoms with Gasteiger partial charge in [-0.25, -0.2) is 8.42 Å². The predicted molar refractivity (Wildman–Crippen MR) is 58.1 cm³/mol. The van der Waals surface area contributed by atoms with E-state index in [0.717, 1.165) is 19.5 Å². The Balaban J connectivity index is 2.27. The summed E-state index contributed by atoms with van der Waals surface area (Å²) in [6, 6.07) is 0. The Morgan fingerprint density at radius 3 is 2.69 bits per heavy atom. The van der Waals surface area contributed by atoms with Gasteiger partial charge in [0.05, 0.1) is 5.75 Å². The molecule has 0 aromatic rings. The van der Waals surface area contributed by atoms with E-state index >= 15 is 0 Å². The third kappa shape index (κ3) is 3.95. The molecule has 13 heavy (non-hydrogen) atoms. The summed E-state index contributed by atoms with van der Waals surface area (Å²) < 4.78 is 22.4. The van der Waals surface area contributed by atoms with E-state index in [9.17, 15) is 8.42 Å². The number of sulfone groups is 1. The molecule has 5 heteroatoms. The molecule has 78 valence electrons. The lowest BCUT2D eigenvalue weighted by atomic mass is 10.4. The fourth-order valence-corrected chi connectivity index (χ4v) is 2.84. The van der Waals surface area contributed by atoms with Crippen molar-refractivity contribution in [3.63, 3.8) is 0 Å². The first-order valence-electron chi connectivity index (χ1n) is 4.60. The standard InChI is InChI=1S/C8H16BrNO2S/c1-2-13(11,12)6-5-10-4-3-8(9)7-10/h8H,2-7H2,1H3. The maximum Gasteiger partial charge on any atom is 0.151 e. The molecule has 1 aliphatic heterocycles. The Morgan fingerprint density at radius 1 is 1.54 bits per heavy atom. The van der Waals surface area contributed by atoms with Gasteiger partial charge in [0, 0.05) is 23.7 Å². The highest BCUT2D eigenvalue weighted by Crippen LogP contribution is 2.15. The number of rotatable bonds is 4. The second kappa shape index (κ2) is 4.75. The van der Waals surface area contributed by atoms with Crippen LogP contribution in [0, 0.1) is 0 Å². The van der Waals surface area contributed by atoms with Crippen molar-refractivity contribution in [3.8, 4) is 0 Å². The van der Waals surface area contributed by atoms with E-state index in [1.165, 1.54) is 0 Å². The zero-order chi connectivity index (χ0) is 9.90. The Hall–Kier alpha value is 0.390. The zero-order valence-electron chi connectivity index (χ0n) is 7.87. The SMILES string of the molecule is CCS(=O)(=O)CCN1CCC(Br)C1. The van der Waals surface area contributed by atoms with Gasteiger partial charge in [-0.3, -0.25) is 0 Å². The second-order valence-corrected chi connectivity index (χ2v) is 7.19. The van der Waals surface area contributed by atoms with Gasteiger partial charge in [-0.2, -0.15) is 0 Å². The van der Waals surface area contributed by atoms with Crippen molar-refractivity contribution in [3.05, 3.63) is 0 Å². The smallest absolute Gasteiger partial charge is 0.151 e. The Morgan fingerprint density at radius 2 is 2.23 bits per heavy atom. The van der Waals surface area contributed by atoms with Gasteiger partial charge in [0.15, 0.2) is 9.84 Å². The third-order valence-electron chi connectivity index (χ3n) is 2.37. The first-order valence-corrected chi connectivity index (χ1v) is 7.34. The van der Waals surface area contributed by atoms with Gasteiger partial charge in [-0.15, -0.1) is 0 Å². The van der Waals surface area contributed by atoms with Crippen molar-refractivity contribution in [2.24, 2.45) is 0 Å². The molecule has 0 aliphatic carbocycles. The number of likely N-dealkylation sites (tertiary alicyclic amines) is 1. The van der Waals surface area contributed by atoms with Crippen LogP contribution in [0.4, 0.5) is 0 Å². The summed E-state index contributed by atoms with van der Waals surface area (Å²) in [7, 11) is -2.78. The van der Waals surface area contributed by atoms with Gasteiger partial charge in [0.2, 0.25) is 0 Å². The fourth-order valence-electron chi connectivity index (χ4n) is 1.40. The van der Waals surface area contributed by atoms with Crippen molar-refractivity contribution in [2.75, 3.05) is 31.1 Å². The van der Waals surface area contributed by atoms with E-state index in [-0.39, 0.29) is 5.75 Å². The number of hydrogen-bond donors (Lipinski definition) is 0. The van der Waals surface area contributed by atoms with Crippen LogP contribution in [0.25, 0.3) is 0 Å². The summed E-state index contributed by atoms with van der Waals surface area (Å²) in [5.74, 6) is 0.571. The molecule has 0 bridgehead atoms. The molecule has 0 spiro atoms. The maximum atomic E-state index is 11.2. The van der Waals surface area contributed by atoms with Gasteiger partial charge in [0.25, 0.3) is 0 Å². The maximum absolute atomic E-state index is 11.2. The van der Waals surface area contributed by atoms with Crippen LogP contribution in [0.2, 0.25) is 0 Å². The van der Waals surface area contributed by atoms with Gasteiger partial charge in [-0.05, 0) is 13.0 Å². The highest BCUT2D eigenvalue weighted by molar-refractivity contribution is 9.09. The molecular formula is C8H16BrNO2S. The molecule has 1 saturated heterocycles. The van der Waals surface area contributed by atoms with Crippen LogP contribution in [-0.2, 0) is 9.84 Å². The van der Waals surface area contributed by atoms with E-state index in [4.69, 9.17) is 0 Å². The first kappa shape index (κ1) is 11.5. The molecule has 0 N–H and O–H groups in total. The molecule has 3 nitrogen and oxygen atoms in total. The van der Waals surface area contributed by atoms with E-state index in [0.29, 0.717) is 17.1 Å². The number of halogens is 1. The number of alkyl halides is 1. The van der Waals surface area contributed by atoms with Crippen molar-refractivity contribution in [1.82, 2.24) is 4.90 Å². The minimum atomic E-state index is -2.78. The average Bonchev–Trinajstić information content (AvgIpc) is 2.48. The van der Waals surface area contributed by atoms with Crippen LogP contribution in [0.15, 0.2) is 0 Å². The molecule has 0 amide bonds. The normalized spacial score (nSPS) is 25.2. The molecular weight excluding hydrogens is 254 g/mol. The Labute approximate surface area is 88.5 Å². The summed E-state index contributed by atoms with van der Waals surface area (Å²) >= 11 is 3.53. The van der Waals surface area contributed by atoms with Gasteiger partial charge >= 0.3 is 0 Å². The lowest BCUT2D eigenvalue weighted by molar-refractivity contribution is 0.360. The highest BCUT2D eigenvalue weighted by atomic mass is 79.9. The molecule has 0 radical (unpaired) electrons. The van der Waals surface area contributed by atoms with Crippen LogP contribution < -0.4 is 0 Å². The molecule has 0 aromatic carbocycles. The van der Waals surface area contributed by atoms with Crippen LogP contribution in [-0.4, -0.2) is 49.3 Å². The summed E-state index contributed by atoms with van der Waals surface area (Å²) in [5, 5.41) is 0. The number of nitrogens with zero attached hydrogens (tertiary/aromatic N) is 1. The molecule has 1 fully saturated rings. The summed E-state index contributed by atoms with van der Waals surface area (Å²) in [6.45, 7) is 4.40. The molecule has 0 saturated carbocycles. The van der Waals surface area contributed by atoms with Crippen LogP contribution >= 0.6 is 15.9 Å². The third-order valence-corrected chi connectivity index (χ3v) is 4.80. The van der Waals surface area contributed by atoms with E-state index in [2.05, 4.69) is 20.8 Å². The van der Waals surface area contributed by atoms with Crippen molar-refractivity contribution in [1.29, 1.82) is 0 Å². The molecule has 1 unspecified atom stereocenters. The average molecular weight is 270 g/mol. The first-order chi connectivity index (χ1) is 6.03. The van der Waals surface area contributed by atoms with E-state index in [1.54, 1.807) is 6.92 Å². The molecule has 1 rings (SSSR count). The van der Waals surface area contributed by atoms with E-state index < -0.39 is 9.84 Å². The lowest BCUT2D eigenvalue weighted by Crippen LogP contribution is -2.28. The van der Waals surface area contributed by atoms with Gasteiger partial charge in [-0.1, -0.05) is 22.9 Å². The highest BCUT2D eigenvalue weighted by Gasteiger charge is 2.20. The summed E-state index contributed by atoms with van der Waals surface area (Å²) in [5.41, 5.74) is 0. The largest absolute Gasteiger partial charge is 0.301 e. The quantitative estimate of drug-likeness (QED) is 0.712. The second-order valence-electron chi connectivity index (χ2n) is 3.42. The zero-order valence-corrected chi connectivity index (χ0v) is 10.3. The van der Waals surface area contributed by atoms with Crippen LogP contribution in [0.3, 0.4) is 0 Å². The van der Waals surface area contributed by atoms with Gasteiger partial charge < -0.3 is 4.90 Å². The van der Waals surface area contributed by atoms with Crippen molar-refractivity contribution >= 4 is 25.8 Å². The van der Waals surface area contributed by atoms with Crippen LogP contribution in [0.5, 0.6) is 0 Å². The Kier molecular flexibility index (Phi) is 4.19. The summed E-state index contributed by atoms with van der Waals surface area (Å²) in [6.07, 6.45) is 1.13. The van der Waals surface area contributed by atoms with E-state index in [1.807, 2.05) is 0 Å². The monoisotopic (exact) mass is 269 g/mol. The fraction of sp³-hybridized carbons (Fsp3) is 1.00. The molecule has 1 heterocycles. The Bertz CT molecular complexity index is 253. The summed E-state index contributed by atoms with van der Waals surface area (Å²) in [4.78, 5) is 2.75. The molecule has 0 aromatic heterocycles. The predicted octanol–water partition coefficient (Wildman–Crippen LogP) is 0.890. The van der Waals surface area contributed by atoms with Crippen molar-refractivity contribution in [2.45, 2.75) is 18.2 Å². The van der Waals surface area contributed by atoms with Gasteiger partial charge in [0.1, 0.15) is 0 Å².